The Morgan fingerprint density at radius 1 is 1.61 bits per heavy atom. The zero-order chi connectivity index (χ0) is 13.0. The lowest BCUT2D eigenvalue weighted by atomic mass is 10.1. The monoisotopic (exact) mass is 314 g/mol. The van der Waals surface area contributed by atoms with Gasteiger partial charge in [0.15, 0.2) is 0 Å². The molecule has 2 heterocycles. The van der Waals surface area contributed by atoms with Crippen LogP contribution < -0.4 is 4.74 Å². The minimum Gasteiger partial charge on any atom is -0.481 e. The van der Waals surface area contributed by atoms with Crippen LogP contribution in [0.2, 0.25) is 0 Å². The molecule has 0 spiro atoms. The number of aromatic nitrogens is 1. The molecule has 0 aromatic carbocycles. The van der Waals surface area contributed by atoms with Crippen LogP contribution in [0.5, 0.6) is 5.88 Å². The second kappa shape index (κ2) is 6.50. The Morgan fingerprint density at radius 2 is 2.44 bits per heavy atom. The summed E-state index contributed by atoms with van der Waals surface area (Å²) in [5.74, 6) is 0.714. The van der Waals surface area contributed by atoms with Gasteiger partial charge in [-0.3, -0.25) is 4.90 Å². The summed E-state index contributed by atoms with van der Waals surface area (Å²) in [6.45, 7) is 4.75. The molecule has 18 heavy (non-hydrogen) atoms. The van der Waals surface area contributed by atoms with Gasteiger partial charge in [0.2, 0.25) is 5.88 Å². The van der Waals surface area contributed by atoms with E-state index in [9.17, 15) is 0 Å². The van der Waals surface area contributed by atoms with Crippen molar-refractivity contribution in [3.63, 3.8) is 0 Å². The van der Waals surface area contributed by atoms with Gasteiger partial charge in [-0.2, -0.15) is 0 Å². The van der Waals surface area contributed by atoms with Crippen LogP contribution in [0.3, 0.4) is 0 Å². The Bertz CT molecular complexity index is 389. The van der Waals surface area contributed by atoms with E-state index < -0.39 is 0 Å². The van der Waals surface area contributed by atoms with Gasteiger partial charge in [0, 0.05) is 36.2 Å². The molecule has 0 bridgehead atoms. The van der Waals surface area contributed by atoms with Gasteiger partial charge in [0.1, 0.15) is 0 Å². The smallest absolute Gasteiger partial charge is 0.217 e. The summed E-state index contributed by atoms with van der Waals surface area (Å²) < 4.78 is 11.0. The molecule has 1 aromatic heterocycles. The highest BCUT2D eigenvalue weighted by Crippen LogP contribution is 2.20. The molecule has 0 aliphatic carbocycles. The molecule has 0 saturated carbocycles. The van der Waals surface area contributed by atoms with Crippen LogP contribution in [0.4, 0.5) is 0 Å². The van der Waals surface area contributed by atoms with Gasteiger partial charge in [-0.05, 0) is 13.0 Å². The van der Waals surface area contributed by atoms with Crippen molar-refractivity contribution >= 4 is 15.9 Å². The first-order valence-electron chi connectivity index (χ1n) is 6.14. The molecule has 4 nitrogen and oxygen atoms in total. The van der Waals surface area contributed by atoms with Crippen LogP contribution in [0.25, 0.3) is 0 Å². The number of nitrogens with zero attached hydrogens (tertiary/aromatic N) is 2. The summed E-state index contributed by atoms with van der Waals surface area (Å²) in [6, 6.07) is 4.44. The number of hydrogen-bond acceptors (Lipinski definition) is 4. The van der Waals surface area contributed by atoms with E-state index in [-0.39, 0.29) is 6.10 Å². The summed E-state index contributed by atoms with van der Waals surface area (Å²) >= 11 is 3.48. The minimum atomic E-state index is 0.267. The highest BCUT2D eigenvalue weighted by Gasteiger charge is 2.26. The van der Waals surface area contributed by atoms with Crippen LogP contribution >= 0.6 is 15.9 Å². The fraction of sp³-hybridized carbons (Fsp3) is 0.615. The molecular weight excluding hydrogens is 296 g/mol. The number of rotatable bonds is 4. The van der Waals surface area contributed by atoms with Crippen molar-refractivity contribution in [1.29, 1.82) is 0 Å². The van der Waals surface area contributed by atoms with Crippen molar-refractivity contribution in [2.24, 2.45) is 0 Å². The van der Waals surface area contributed by atoms with E-state index in [4.69, 9.17) is 9.47 Å². The second-order valence-corrected chi connectivity index (χ2v) is 5.21. The molecule has 1 fully saturated rings. The second-order valence-electron chi connectivity index (χ2n) is 4.56. The maximum atomic E-state index is 5.73. The minimum absolute atomic E-state index is 0.267. The first-order valence-corrected chi connectivity index (χ1v) is 7.26. The molecule has 1 aliphatic rings. The Kier molecular flexibility index (Phi) is 4.97. The lowest BCUT2D eigenvalue weighted by Gasteiger charge is -2.37. The quantitative estimate of drug-likeness (QED) is 0.797. The van der Waals surface area contributed by atoms with E-state index in [2.05, 4.69) is 38.8 Å². The molecule has 2 rings (SSSR count). The Morgan fingerprint density at radius 3 is 3.17 bits per heavy atom. The Hall–Kier alpha value is -0.650. The van der Waals surface area contributed by atoms with E-state index in [0.717, 1.165) is 30.6 Å². The fourth-order valence-corrected chi connectivity index (χ4v) is 2.53. The summed E-state index contributed by atoms with van der Waals surface area (Å²) in [5, 5.41) is 0.875. The van der Waals surface area contributed by atoms with Gasteiger partial charge in [-0.1, -0.05) is 22.0 Å². The molecule has 1 aliphatic heterocycles. The molecule has 0 N–H and O–H groups in total. The Labute approximate surface area is 116 Å². The van der Waals surface area contributed by atoms with Gasteiger partial charge < -0.3 is 9.47 Å². The average Bonchev–Trinajstić information content (AvgIpc) is 2.42. The third-order valence-corrected chi connectivity index (χ3v) is 3.95. The number of morpholine rings is 1. The fourth-order valence-electron chi connectivity index (χ4n) is 2.14. The van der Waals surface area contributed by atoms with Crippen molar-refractivity contribution in [1.82, 2.24) is 9.88 Å². The zero-order valence-corrected chi connectivity index (χ0v) is 12.4. The molecule has 5 heteroatoms. The first-order chi connectivity index (χ1) is 8.74. The summed E-state index contributed by atoms with van der Waals surface area (Å²) in [6.07, 6.45) is 2.02. The summed E-state index contributed by atoms with van der Waals surface area (Å²) in [4.78, 5) is 6.65. The van der Waals surface area contributed by atoms with Gasteiger partial charge in [0.25, 0.3) is 0 Å². The van der Waals surface area contributed by atoms with Gasteiger partial charge in [-0.15, -0.1) is 0 Å². The SMILES string of the molecule is COc1ncccc1CN1CC(CBr)OCC1C. The lowest BCUT2D eigenvalue weighted by Crippen LogP contribution is -2.48. The molecule has 0 amide bonds. The van der Waals surface area contributed by atoms with Gasteiger partial charge >= 0.3 is 0 Å². The number of ether oxygens (including phenoxy) is 2. The topological polar surface area (TPSA) is 34.6 Å². The number of alkyl halides is 1. The van der Waals surface area contributed by atoms with Crippen LogP contribution in [0.1, 0.15) is 12.5 Å². The van der Waals surface area contributed by atoms with Crippen LogP contribution in [0, 0.1) is 0 Å². The molecule has 1 aromatic rings. The van der Waals surface area contributed by atoms with E-state index in [0.29, 0.717) is 11.9 Å². The standard InChI is InChI=1S/C13H19BrN2O2/c1-10-9-18-12(6-14)8-16(10)7-11-4-3-5-15-13(11)17-2/h3-5,10,12H,6-9H2,1-2H3. The van der Waals surface area contributed by atoms with Crippen LogP contribution in [0.15, 0.2) is 18.3 Å². The van der Waals surface area contributed by atoms with Crippen molar-refractivity contribution in [2.45, 2.75) is 25.6 Å². The molecule has 100 valence electrons. The van der Waals surface area contributed by atoms with Crippen LogP contribution in [-0.2, 0) is 11.3 Å². The predicted molar refractivity (Wildman–Crippen MR) is 74.2 cm³/mol. The van der Waals surface area contributed by atoms with E-state index in [1.165, 1.54) is 0 Å². The van der Waals surface area contributed by atoms with E-state index in [1.54, 1.807) is 13.3 Å². The van der Waals surface area contributed by atoms with E-state index in [1.807, 2.05) is 6.07 Å². The van der Waals surface area contributed by atoms with Crippen molar-refractivity contribution in [3.05, 3.63) is 23.9 Å². The largest absolute Gasteiger partial charge is 0.481 e. The molecule has 2 atom stereocenters. The highest BCUT2D eigenvalue weighted by molar-refractivity contribution is 9.09. The third kappa shape index (κ3) is 3.22. The highest BCUT2D eigenvalue weighted by atomic mass is 79.9. The third-order valence-electron chi connectivity index (χ3n) is 3.22. The number of methoxy groups -OCH3 is 1. The molecular formula is C13H19BrN2O2. The Balaban J connectivity index is 2.07. The predicted octanol–water partition coefficient (Wildman–Crippen LogP) is 2.07. The van der Waals surface area contributed by atoms with Crippen molar-refractivity contribution < 1.29 is 9.47 Å². The van der Waals surface area contributed by atoms with Crippen molar-refractivity contribution in [3.8, 4) is 5.88 Å². The van der Waals surface area contributed by atoms with Gasteiger partial charge in [0.05, 0.1) is 19.8 Å². The molecule has 2 unspecified atom stereocenters. The summed E-state index contributed by atoms with van der Waals surface area (Å²) in [7, 11) is 1.66. The average molecular weight is 315 g/mol. The molecule has 1 saturated heterocycles. The summed E-state index contributed by atoms with van der Waals surface area (Å²) in [5.41, 5.74) is 1.13. The lowest BCUT2D eigenvalue weighted by molar-refractivity contribution is -0.0502. The normalized spacial score (nSPS) is 25.1. The number of pyridine rings is 1. The first kappa shape index (κ1) is 13.8. The zero-order valence-electron chi connectivity index (χ0n) is 10.8. The maximum Gasteiger partial charge on any atom is 0.217 e. The maximum absolute atomic E-state index is 5.73. The van der Waals surface area contributed by atoms with Crippen molar-refractivity contribution in [2.75, 3.05) is 25.6 Å². The number of hydrogen-bond donors (Lipinski definition) is 0. The van der Waals surface area contributed by atoms with Crippen LogP contribution in [-0.4, -0.2) is 47.6 Å². The molecule has 0 radical (unpaired) electrons. The number of halogens is 1. The van der Waals surface area contributed by atoms with Gasteiger partial charge in [-0.25, -0.2) is 4.98 Å². The van der Waals surface area contributed by atoms with E-state index >= 15 is 0 Å².